The van der Waals surface area contributed by atoms with Gasteiger partial charge in [0, 0.05) is 5.56 Å². The van der Waals surface area contributed by atoms with Gasteiger partial charge in [0.15, 0.2) is 0 Å². The second-order valence-corrected chi connectivity index (χ2v) is 3.02. The van der Waals surface area contributed by atoms with Crippen LogP contribution in [0.2, 0.25) is 0 Å². The third-order valence-electron chi connectivity index (χ3n) is 1.77. The Morgan fingerprint density at radius 2 is 1.81 bits per heavy atom. The van der Waals surface area contributed by atoms with E-state index in [1.54, 1.807) is 0 Å². The summed E-state index contributed by atoms with van der Waals surface area (Å²) in [7, 11) is 0. The van der Waals surface area contributed by atoms with Gasteiger partial charge in [-0.2, -0.15) is 5.12 Å². The van der Waals surface area contributed by atoms with E-state index < -0.39 is 5.91 Å². The van der Waals surface area contributed by atoms with E-state index in [4.69, 9.17) is 28.8 Å². The first-order chi connectivity index (χ1) is 7.41. The van der Waals surface area contributed by atoms with Crippen LogP contribution in [0, 0.1) is 0 Å². The predicted molar refractivity (Wildman–Crippen MR) is 61.4 cm³/mol. The van der Waals surface area contributed by atoms with Crippen molar-refractivity contribution in [2.45, 2.75) is 0 Å². The van der Waals surface area contributed by atoms with Crippen molar-refractivity contribution in [3.05, 3.63) is 23.8 Å². The third-order valence-corrected chi connectivity index (χ3v) is 1.77. The Kier molecular flexibility index (Phi) is 3.16. The van der Waals surface area contributed by atoms with Crippen molar-refractivity contribution in [2.75, 3.05) is 11.5 Å². The number of hydrazine groups is 1. The number of hydrazone groups is 1. The van der Waals surface area contributed by atoms with Gasteiger partial charge < -0.3 is 22.9 Å². The van der Waals surface area contributed by atoms with Crippen molar-refractivity contribution in [3.63, 3.8) is 0 Å². The van der Waals surface area contributed by atoms with E-state index in [0.717, 1.165) is 0 Å². The summed E-state index contributed by atoms with van der Waals surface area (Å²) in [6.45, 7) is 0. The van der Waals surface area contributed by atoms with Gasteiger partial charge in [0.25, 0.3) is 5.91 Å². The minimum Gasteiger partial charge on any atom is -0.397 e. The van der Waals surface area contributed by atoms with Gasteiger partial charge in [-0.15, -0.1) is 5.10 Å². The van der Waals surface area contributed by atoms with E-state index in [0.29, 0.717) is 10.8 Å². The highest BCUT2D eigenvalue weighted by molar-refractivity contribution is 5.96. The van der Waals surface area contributed by atoms with Crippen LogP contribution >= 0.6 is 0 Å². The molecular formula is C8H13N7O. The number of guanidine groups is 1. The number of nitrogens with two attached hydrogens (primary N) is 5. The minimum absolute atomic E-state index is 0.235. The first kappa shape index (κ1) is 11.6. The molecule has 1 aromatic carbocycles. The number of carbonyl (C=O) groups excluding carboxylic acids is 1. The van der Waals surface area contributed by atoms with E-state index >= 15 is 0 Å². The van der Waals surface area contributed by atoms with Crippen LogP contribution in [-0.4, -0.2) is 17.0 Å². The molecule has 0 fully saturated rings. The predicted octanol–water partition coefficient (Wildman–Crippen LogP) is -1.64. The Hall–Kier alpha value is -2.48. The molecule has 1 amide bonds. The van der Waals surface area contributed by atoms with Crippen molar-refractivity contribution in [1.29, 1.82) is 0 Å². The Balaban J connectivity index is 2.97. The Morgan fingerprint density at radius 3 is 2.31 bits per heavy atom. The zero-order chi connectivity index (χ0) is 12.3. The fraction of sp³-hybridized carbons (Fsp3) is 0. The fourth-order valence-electron chi connectivity index (χ4n) is 1.01. The summed E-state index contributed by atoms with van der Waals surface area (Å²) in [5, 5.41) is 3.90. The largest absolute Gasteiger partial charge is 0.397 e. The maximum Gasteiger partial charge on any atom is 0.288 e. The molecule has 0 atom stereocenters. The van der Waals surface area contributed by atoms with Gasteiger partial charge in [0.05, 0.1) is 11.4 Å². The standard InChI is InChI=1S/C8H13N7O/c9-5-2-1-4(3-6(5)10)7(16)15(13)14-8(11)12/h1-3H,9-10,13H2,(H4,11,12,14). The highest BCUT2D eigenvalue weighted by Crippen LogP contribution is 2.16. The molecule has 0 saturated heterocycles. The van der Waals surface area contributed by atoms with Gasteiger partial charge in [-0.25, -0.2) is 5.84 Å². The number of amides is 1. The summed E-state index contributed by atoms with van der Waals surface area (Å²) >= 11 is 0. The number of carbonyl (C=O) groups is 1. The molecule has 0 spiro atoms. The van der Waals surface area contributed by atoms with Crippen molar-refractivity contribution >= 4 is 23.2 Å². The van der Waals surface area contributed by atoms with Gasteiger partial charge in [-0.05, 0) is 18.2 Å². The summed E-state index contributed by atoms with van der Waals surface area (Å²) < 4.78 is 0. The molecule has 0 saturated carbocycles. The number of anilines is 2. The normalized spacial score (nSPS) is 9.56. The lowest BCUT2D eigenvalue weighted by Crippen LogP contribution is -2.37. The van der Waals surface area contributed by atoms with Crippen LogP contribution in [0.15, 0.2) is 23.3 Å². The molecule has 8 nitrogen and oxygen atoms in total. The van der Waals surface area contributed by atoms with E-state index in [2.05, 4.69) is 5.10 Å². The number of nitrogens with zero attached hydrogens (tertiary/aromatic N) is 2. The number of rotatable bonds is 2. The molecule has 0 bridgehead atoms. The second-order valence-electron chi connectivity index (χ2n) is 3.02. The number of hydrogen-bond acceptors (Lipinski definition) is 5. The van der Waals surface area contributed by atoms with Crippen molar-refractivity contribution < 1.29 is 4.79 Å². The molecule has 8 heteroatoms. The SMILES string of the molecule is NC(N)=NN(N)C(=O)c1ccc(N)c(N)c1. The maximum atomic E-state index is 11.6. The molecule has 0 radical (unpaired) electrons. The van der Waals surface area contributed by atoms with Crippen LogP contribution in [0.3, 0.4) is 0 Å². The van der Waals surface area contributed by atoms with Crippen molar-refractivity contribution in [3.8, 4) is 0 Å². The maximum absolute atomic E-state index is 11.6. The van der Waals surface area contributed by atoms with E-state index in [1.165, 1.54) is 18.2 Å². The average molecular weight is 223 g/mol. The van der Waals surface area contributed by atoms with Gasteiger partial charge in [-0.3, -0.25) is 4.79 Å². The number of benzene rings is 1. The summed E-state index contributed by atoms with van der Waals surface area (Å²) in [5.41, 5.74) is 22.1. The Bertz CT molecular complexity index is 438. The average Bonchev–Trinajstić information content (AvgIpc) is 2.20. The zero-order valence-electron chi connectivity index (χ0n) is 8.42. The monoisotopic (exact) mass is 223 g/mol. The lowest BCUT2D eigenvalue weighted by molar-refractivity contribution is 0.0760. The highest BCUT2D eigenvalue weighted by atomic mass is 16.2. The van der Waals surface area contributed by atoms with E-state index in [9.17, 15) is 4.79 Å². The molecule has 0 aliphatic rings. The second kappa shape index (κ2) is 4.36. The van der Waals surface area contributed by atoms with Gasteiger partial charge in [0.1, 0.15) is 0 Å². The topological polar surface area (TPSA) is 163 Å². The van der Waals surface area contributed by atoms with Gasteiger partial charge in [0.2, 0.25) is 5.96 Å². The van der Waals surface area contributed by atoms with Crippen LogP contribution in [0.25, 0.3) is 0 Å². The van der Waals surface area contributed by atoms with Crippen molar-refractivity contribution in [2.24, 2.45) is 22.4 Å². The molecule has 1 rings (SSSR count). The van der Waals surface area contributed by atoms with Crippen LogP contribution < -0.4 is 28.8 Å². The summed E-state index contributed by atoms with van der Waals surface area (Å²) in [6, 6.07) is 4.35. The van der Waals surface area contributed by atoms with E-state index in [-0.39, 0.29) is 17.2 Å². The highest BCUT2D eigenvalue weighted by Gasteiger charge is 2.12. The van der Waals surface area contributed by atoms with Crippen LogP contribution in [0.5, 0.6) is 0 Å². The Morgan fingerprint density at radius 1 is 1.19 bits per heavy atom. The summed E-state index contributed by atoms with van der Waals surface area (Å²) in [6.07, 6.45) is 0. The smallest absolute Gasteiger partial charge is 0.288 e. The molecule has 0 aromatic heterocycles. The van der Waals surface area contributed by atoms with E-state index in [1.807, 2.05) is 0 Å². The van der Waals surface area contributed by atoms with Crippen LogP contribution in [0.4, 0.5) is 11.4 Å². The molecule has 16 heavy (non-hydrogen) atoms. The summed E-state index contributed by atoms with van der Waals surface area (Å²) in [5.74, 6) is 4.39. The molecule has 0 aliphatic heterocycles. The zero-order valence-corrected chi connectivity index (χ0v) is 8.42. The molecule has 0 aliphatic carbocycles. The molecule has 1 aromatic rings. The lowest BCUT2D eigenvalue weighted by Gasteiger charge is -2.11. The van der Waals surface area contributed by atoms with Gasteiger partial charge >= 0.3 is 0 Å². The van der Waals surface area contributed by atoms with Crippen LogP contribution in [-0.2, 0) is 0 Å². The molecular weight excluding hydrogens is 210 g/mol. The molecule has 0 heterocycles. The quantitative estimate of drug-likeness (QED) is 0.101. The van der Waals surface area contributed by atoms with Crippen LogP contribution in [0.1, 0.15) is 10.4 Å². The summed E-state index contributed by atoms with van der Waals surface area (Å²) in [4.78, 5) is 11.6. The van der Waals surface area contributed by atoms with Gasteiger partial charge in [-0.1, -0.05) is 0 Å². The van der Waals surface area contributed by atoms with Crippen molar-refractivity contribution in [1.82, 2.24) is 5.12 Å². The first-order valence-corrected chi connectivity index (χ1v) is 4.25. The first-order valence-electron chi connectivity index (χ1n) is 4.25. The molecule has 0 unspecified atom stereocenters. The Labute approximate surface area is 91.6 Å². The molecule has 10 N–H and O–H groups in total. The minimum atomic E-state index is -0.597. The number of nitrogen functional groups attached to an aromatic ring is 2. The third kappa shape index (κ3) is 2.51. The number of hydrogen-bond donors (Lipinski definition) is 5. The molecule has 86 valence electrons. The lowest BCUT2D eigenvalue weighted by atomic mass is 10.1. The fourth-order valence-corrected chi connectivity index (χ4v) is 1.01.